The smallest absolute Gasteiger partial charge is 0.181 e. The van der Waals surface area contributed by atoms with Crippen molar-refractivity contribution in [2.45, 2.75) is 0 Å². The van der Waals surface area contributed by atoms with Crippen molar-refractivity contribution in [1.82, 2.24) is 25.1 Å². The zero-order valence-electron chi connectivity index (χ0n) is 11.1. The Morgan fingerprint density at radius 2 is 1.52 bits per heavy atom. The van der Waals surface area contributed by atoms with Gasteiger partial charge in [0.2, 0.25) is 0 Å². The highest BCUT2D eigenvalue weighted by atomic mass is 15.2. The second-order valence-electron chi connectivity index (χ2n) is 4.62. The third-order valence-corrected chi connectivity index (χ3v) is 3.21. The average Bonchev–Trinajstić information content (AvgIpc) is 3.05. The molecule has 0 unspecified atom stereocenters. The quantitative estimate of drug-likeness (QED) is 0.609. The van der Waals surface area contributed by atoms with Crippen molar-refractivity contribution in [2.24, 2.45) is 0 Å². The van der Waals surface area contributed by atoms with Gasteiger partial charge in [0, 0.05) is 5.56 Å². The number of nitrogens with zero attached hydrogens (tertiary/aromatic N) is 4. The van der Waals surface area contributed by atoms with Gasteiger partial charge in [0.15, 0.2) is 11.6 Å². The molecule has 0 aliphatic carbocycles. The number of fused-ring (bicyclic) bond motifs is 1. The van der Waals surface area contributed by atoms with Crippen LogP contribution in [0.15, 0.2) is 60.8 Å². The minimum absolute atomic E-state index is 0.618. The van der Waals surface area contributed by atoms with Gasteiger partial charge in [0.05, 0.1) is 17.2 Å². The Bertz CT molecular complexity index is 899. The van der Waals surface area contributed by atoms with Crippen molar-refractivity contribution in [2.75, 3.05) is 0 Å². The largest absolute Gasteiger partial charge is 0.257 e. The SMILES string of the molecule is c1ccc(-c2n[nH]c(-c3cnc4ccccc4n3)n2)cc1. The van der Waals surface area contributed by atoms with Gasteiger partial charge in [-0.05, 0) is 12.1 Å². The van der Waals surface area contributed by atoms with Crippen LogP contribution < -0.4 is 0 Å². The summed E-state index contributed by atoms with van der Waals surface area (Å²) >= 11 is 0. The Hall–Kier alpha value is -3.08. The van der Waals surface area contributed by atoms with Crippen LogP contribution in [0.25, 0.3) is 33.9 Å². The number of rotatable bonds is 2. The van der Waals surface area contributed by atoms with E-state index in [2.05, 4.69) is 25.1 Å². The number of aromatic amines is 1. The van der Waals surface area contributed by atoms with Crippen molar-refractivity contribution < 1.29 is 0 Å². The van der Waals surface area contributed by atoms with E-state index in [1.807, 2.05) is 54.6 Å². The van der Waals surface area contributed by atoms with Crippen LogP contribution in [-0.2, 0) is 0 Å². The first kappa shape index (κ1) is 11.7. The fraction of sp³-hybridized carbons (Fsp3) is 0. The second-order valence-corrected chi connectivity index (χ2v) is 4.62. The highest BCUT2D eigenvalue weighted by Crippen LogP contribution is 2.19. The molecule has 0 bridgehead atoms. The maximum absolute atomic E-state index is 4.56. The molecule has 0 amide bonds. The van der Waals surface area contributed by atoms with E-state index in [9.17, 15) is 0 Å². The van der Waals surface area contributed by atoms with Crippen LogP contribution in [0.1, 0.15) is 0 Å². The topological polar surface area (TPSA) is 67.3 Å². The van der Waals surface area contributed by atoms with Gasteiger partial charge in [-0.25, -0.2) is 9.97 Å². The number of hydrogen-bond donors (Lipinski definition) is 1. The van der Waals surface area contributed by atoms with Crippen LogP contribution in [0.4, 0.5) is 0 Å². The maximum Gasteiger partial charge on any atom is 0.181 e. The predicted octanol–water partition coefficient (Wildman–Crippen LogP) is 3.08. The molecule has 0 saturated carbocycles. The Morgan fingerprint density at radius 1 is 0.762 bits per heavy atom. The molecule has 0 saturated heterocycles. The average molecular weight is 273 g/mol. The van der Waals surface area contributed by atoms with E-state index in [1.165, 1.54) is 0 Å². The fourth-order valence-electron chi connectivity index (χ4n) is 2.16. The first-order chi connectivity index (χ1) is 10.4. The zero-order valence-corrected chi connectivity index (χ0v) is 11.1. The van der Waals surface area contributed by atoms with Gasteiger partial charge in [-0.15, -0.1) is 0 Å². The van der Waals surface area contributed by atoms with Crippen molar-refractivity contribution in [3.05, 3.63) is 60.8 Å². The summed E-state index contributed by atoms with van der Waals surface area (Å²) in [5.41, 5.74) is 3.36. The summed E-state index contributed by atoms with van der Waals surface area (Å²) in [6, 6.07) is 17.6. The van der Waals surface area contributed by atoms with E-state index >= 15 is 0 Å². The summed E-state index contributed by atoms with van der Waals surface area (Å²) in [5, 5.41) is 7.16. The van der Waals surface area contributed by atoms with E-state index in [-0.39, 0.29) is 0 Å². The van der Waals surface area contributed by atoms with Crippen molar-refractivity contribution >= 4 is 11.0 Å². The first-order valence-electron chi connectivity index (χ1n) is 6.60. The normalized spacial score (nSPS) is 10.9. The highest BCUT2D eigenvalue weighted by molar-refractivity contribution is 5.76. The van der Waals surface area contributed by atoms with E-state index in [4.69, 9.17) is 0 Å². The van der Waals surface area contributed by atoms with E-state index in [0.29, 0.717) is 17.3 Å². The summed E-state index contributed by atoms with van der Waals surface area (Å²) in [7, 11) is 0. The molecule has 5 nitrogen and oxygen atoms in total. The van der Waals surface area contributed by atoms with Gasteiger partial charge in [0.1, 0.15) is 5.69 Å². The lowest BCUT2D eigenvalue weighted by Gasteiger charge is -1.98. The van der Waals surface area contributed by atoms with E-state index in [0.717, 1.165) is 16.6 Å². The summed E-state index contributed by atoms with van der Waals surface area (Å²) < 4.78 is 0. The Morgan fingerprint density at radius 3 is 2.38 bits per heavy atom. The van der Waals surface area contributed by atoms with E-state index in [1.54, 1.807) is 6.20 Å². The molecule has 5 heteroatoms. The molecule has 0 spiro atoms. The number of para-hydroxylation sites is 2. The standard InChI is InChI=1S/C16H11N5/c1-2-6-11(7-3-1)15-19-16(21-20-15)14-10-17-12-8-4-5-9-13(12)18-14/h1-10H,(H,19,20,21). The molecular weight excluding hydrogens is 262 g/mol. The molecule has 2 aromatic carbocycles. The number of hydrogen-bond acceptors (Lipinski definition) is 4. The molecular formula is C16H11N5. The van der Waals surface area contributed by atoms with Gasteiger partial charge in [-0.2, -0.15) is 5.10 Å². The van der Waals surface area contributed by atoms with Crippen LogP contribution in [0.3, 0.4) is 0 Å². The van der Waals surface area contributed by atoms with Gasteiger partial charge in [-0.3, -0.25) is 10.1 Å². The lowest BCUT2D eigenvalue weighted by atomic mass is 10.2. The van der Waals surface area contributed by atoms with Crippen LogP contribution in [-0.4, -0.2) is 25.1 Å². The van der Waals surface area contributed by atoms with Crippen LogP contribution >= 0.6 is 0 Å². The maximum atomic E-state index is 4.56. The van der Waals surface area contributed by atoms with Crippen LogP contribution in [0.2, 0.25) is 0 Å². The Balaban J connectivity index is 1.77. The molecule has 0 atom stereocenters. The minimum atomic E-state index is 0.618. The van der Waals surface area contributed by atoms with Crippen molar-refractivity contribution in [3.63, 3.8) is 0 Å². The third kappa shape index (κ3) is 2.14. The Labute approximate surface area is 120 Å². The number of nitrogens with one attached hydrogen (secondary N) is 1. The minimum Gasteiger partial charge on any atom is -0.257 e. The number of aromatic nitrogens is 5. The summed E-state index contributed by atoms with van der Waals surface area (Å²) in [6.45, 7) is 0. The van der Waals surface area contributed by atoms with E-state index < -0.39 is 0 Å². The van der Waals surface area contributed by atoms with Crippen LogP contribution in [0, 0.1) is 0 Å². The molecule has 0 fully saturated rings. The lowest BCUT2D eigenvalue weighted by molar-refractivity contribution is 1.09. The highest BCUT2D eigenvalue weighted by Gasteiger charge is 2.09. The number of H-pyrrole nitrogens is 1. The first-order valence-corrected chi connectivity index (χ1v) is 6.60. The molecule has 2 heterocycles. The van der Waals surface area contributed by atoms with Gasteiger partial charge < -0.3 is 0 Å². The molecule has 0 aliphatic rings. The fourth-order valence-corrected chi connectivity index (χ4v) is 2.16. The third-order valence-electron chi connectivity index (χ3n) is 3.21. The zero-order chi connectivity index (χ0) is 14.1. The summed E-state index contributed by atoms with van der Waals surface area (Å²) in [5.74, 6) is 1.27. The molecule has 21 heavy (non-hydrogen) atoms. The summed E-state index contributed by atoms with van der Waals surface area (Å²) in [6.07, 6.45) is 1.71. The van der Waals surface area contributed by atoms with Gasteiger partial charge in [0.25, 0.3) is 0 Å². The molecule has 1 N–H and O–H groups in total. The van der Waals surface area contributed by atoms with Crippen molar-refractivity contribution in [1.29, 1.82) is 0 Å². The van der Waals surface area contributed by atoms with Gasteiger partial charge >= 0.3 is 0 Å². The molecule has 100 valence electrons. The second kappa shape index (κ2) is 4.79. The molecule has 2 aromatic heterocycles. The molecule has 4 aromatic rings. The monoisotopic (exact) mass is 273 g/mol. The molecule has 0 aliphatic heterocycles. The lowest BCUT2D eigenvalue weighted by Crippen LogP contribution is -1.90. The van der Waals surface area contributed by atoms with Gasteiger partial charge in [-0.1, -0.05) is 42.5 Å². The number of benzene rings is 2. The molecule has 4 rings (SSSR count). The Kier molecular flexibility index (Phi) is 2.67. The molecule has 0 radical (unpaired) electrons. The van der Waals surface area contributed by atoms with Crippen molar-refractivity contribution in [3.8, 4) is 22.9 Å². The predicted molar refractivity (Wildman–Crippen MR) is 80.4 cm³/mol. The van der Waals surface area contributed by atoms with Crippen LogP contribution in [0.5, 0.6) is 0 Å². The summed E-state index contributed by atoms with van der Waals surface area (Å²) in [4.78, 5) is 13.4.